The predicted molar refractivity (Wildman–Crippen MR) is 75.0 cm³/mol. The maximum atomic E-state index is 12.6. The summed E-state index contributed by atoms with van der Waals surface area (Å²) < 4.78 is 44.2. The first-order valence-electron chi connectivity index (χ1n) is 6.26. The zero-order valence-electron chi connectivity index (χ0n) is 11.1. The molecule has 0 aliphatic carbocycles. The maximum absolute atomic E-state index is 12.6. The van der Waals surface area contributed by atoms with E-state index in [4.69, 9.17) is 17.7 Å². The summed E-state index contributed by atoms with van der Waals surface area (Å²) >= 11 is 0. The van der Waals surface area contributed by atoms with Crippen LogP contribution in [0, 0.1) is 0 Å². The van der Waals surface area contributed by atoms with Gasteiger partial charge in [0.05, 0.1) is 9.79 Å². The van der Waals surface area contributed by atoms with E-state index >= 15 is 0 Å². The van der Waals surface area contributed by atoms with Crippen LogP contribution < -0.4 is 11.6 Å². The molecular weight excluding hydrogens is 328 g/mol. The second kappa shape index (κ2) is 4.46. The molecule has 0 atom stereocenters. The van der Waals surface area contributed by atoms with Gasteiger partial charge in [0.25, 0.3) is 0 Å². The molecule has 0 aliphatic heterocycles. The van der Waals surface area contributed by atoms with Crippen molar-refractivity contribution in [2.45, 2.75) is 9.79 Å². The molecule has 2 aromatic heterocycles. The van der Waals surface area contributed by atoms with Crippen molar-refractivity contribution in [3.63, 3.8) is 0 Å². The molecule has 0 spiro atoms. The largest absolute Gasteiger partial charge is 0.519 e. The normalized spacial score (nSPS) is 12.2. The van der Waals surface area contributed by atoms with Crippen LogP contribution in [0.3, 0.4) is 0 Å². The minimum atomic E-state index is -3.91. The lowest BCUT2D eigenvalue weighted by atomic mass is 10.3. The summed E-state index contributed by atoms with van der Waals surface area (Å²) in [6, 6.07) is 7.58. The van der Waals surface area contributed by atoms with Crippen LogP contribution in [0.5, 0.6) is 0 Å². The van der Waals surface area contributed by atoms with Crippen molar-refractivity contribution in [2.24, 2.45) is 0 Å². The van der Waals surface area contributed by atoms with E-state index in [-0.39, 0.29) is 32.1 Å². The van der Waals surface area contributed by atoms with E-state index in [0.717, 1.165) is 0 Å². The highest BCUT2D eigenvalue weighted by molar-refractivity contribution is 7.91. The van der Waals surface area contributed by atoms with Crippen LogP contribution >= 0.6 is 0 Å². The van der Waals surface area contributed by atoms with Crippen LogP contribution in [0.25, 0.3) is 22.3 Å². The lowest BCUT2D eigenvalue weighted by Gasteiger charge is -2.03. The first-order chi connectivity index (χ1) is 10.9. The van der Waals surface area contributed by atoms with E-state index in [1.165, 1.54) is 36.4 Å². The van der Waals surface area contributed by atoms with Gasteiger partial charge >= 0.3 is 11.6 Å². The molecule has 8 nitrogen and oxygen atoms in total. The van der Waals surface area contributed by atoms with Crippen molar-refractivity contribution in [1.82, 2.24) is 0 Å². The zero-order chi connectivity index (χ0) is 16.2. The second-order valence-electron chi connectivity index (χ2n) is 4.63. The Morgan fingerprint density at radius 3 is 1.43 bits per heavy atom. The van der Waals surface area contributed by atoms with E-state index in [1.54, 1.807) is 0 Å². The molecule has 0 fully saturated rings. The van der Waals surface area contributed by atoms with Crippen LogP contribution in [-0.4, -0.2) is 8.42 Å². The molecule has 4 aromatic rings. The smallest absolute Gasteiger partial charge is 0.391 e. The number of hydrogen-bond donors (Lipinski definition) is 0. The van der Waals surface area contributed by atoms with Crippen LogP contribution in [0.1, 0.15) is 0 Å². The third kappa shape index (κ3) is 2.09. The monoisotopic (exact) mass is 334 g/mol. The van der Waals surface area contributed by atoms with Gasteiger partial charge in [-0.25, -0.2) is 18.0 Å². The third-order valence-corrected chi connectivity index (χ3v) is 4.97. The number of fused-ring (bicyclic) bond motifs is 2. The molecule has 2 heterocycles. The number of sulfone groups is 1. The van der Waals surface area contributed by atoms with Crippen LogP contribution in [0.2, 0.25) is 0 Å². The fraction of sp³-hybridized carbons (Fsp3) is 0. The van der Waals surface area contributed by atoms with Crippen molar-refractivity contribution >= 4 is 32.2 Å². The molecule has 0 N–H and O–H groups in total. The maximum Gasteiger partial charge on any atom is 0.519 e. The number of rotatable bonds is 2. The van der Waals surface area contributed by atoms with E-state index in [1.807, 2.05) is 0 Å². The summed E-state index contributed by atoms with van der Waals surface area (Å²) in [5, 5.41) is 0. The van der Waals surface area contributed by atoms with Gasteiger partial charge in [-0.3, -0.25) is 0 Å². The standard InChI is InChI=1S/C14H6O8S/c15-13-19-9-3-1-7(5-11(9)21-13)23(17,18)8-2-4-10-12(6-8)22-14(16)20-10/h1-6H. The summed E-state index contributed by atoms with van der Waals surface area (Å²) in [5.74, 6) is -1.84. The van der Waals surface area contributed by atoms with E-state index in [9.17, 15) is 18.0 Å². The lowest BCUT2D eigenvalue weighted by molar-refractivity contribution is 0.408. The van der Waals surface area contributed by atoms with Crippen molar-refractivity contribution in [3.05, 3.63) is 57.6 Å². The molecule has 116 valence electrons. The highest BCUT2D eigenvalue weighted by Gasteiger charge is 2.21. The molecule has 0 radical (unpaired) electrons. The van der Waals surface area contributed by atoms with Crippen molar-refractivity contribution in [2.75, 3.05) is 0 Å². The molecule has 23 heavy (non-hydrogen) atoms. The van der Waals surface area contributed by atoms with Gasteiger partial charge in [-0.15, -0.1) is 0 Å². The molecule has 0 saturated heterocycles. The van der Waals surface area contributed by atoms with Gasteiger partial charge in [0.1, 0.15) is 0 Å². The molecular formula is C14H6O8S. The Kier molecular flexibility index (Phi) is 2.64. The van der Waals surface area contributed by atoms with Gasteiger partial charge in [0.2, 0.25) is 9.84 Å². The van der Waals surface area contributed by atoms with Crippen LogP contribution in [0.4, 0.5) is 0 Å². The Balaban J connectivity index is 1.92. The average molecular weight is 334 g/mol. The van der Waals surface area contributed by atoms with Gasteiger partial charge in [-0.05, 0) is 24.3 Å². The zero-order valence-corrected chi connectivity index (χ0v) is 12.0. The van der Waals surface area contributed by atoms with Gasteiger partial charge in [0, 0.05) is 12.1 Å². The molecule has 0 saturated carbocycles. The first kappa shape index (κ1) is 13.6. The second-order valence-corrected chi connectivity index (χ2v) is 6.58. The van der Waals surface area contributed by atoms with Gasteiger partial charge in [0.15, 0.2) is 22.3 Å². The Labute approximate surface area is 126 Å². The Hall–Kier alpha value is -3.07. The summed E-state index contributed by atoms with van der Waals surface area (Å²) in [6.45, 7) is 0. The minimum Gasteiger partial charge on any atom is -0.391 e. The first-order valence-corrected chi connectivity index (χ1v) is 7.74. The molecule has 0 aliphatic rings. The summed E-state index contributed by atoms with van der Waals surface area (Å²) in [7, 11) is -3.91. The SMILES string of the molecule is O=c1oc2ccc(S(=O)(=O)c3ccc4oc(=O)oc4c3)cc2o1. The van der Waals surface area contributed by atoms with Gasteiger partial charge in [-0.2, -0.15) is 0 Å². The van der Waals surface area contributed by atoms with Crippen molar-refractivity contribution in [1.29, 1.82) is 0 Å². The van der Waals surface area contributed by atoms with Crippen LogP contribution in [0.15, 0.2) is 73.4 Å². The fourth-order valence-electron chi connectivity index (χ4n) is 2.18. The highest BCUT2D eigenvalue weighted by atomic mass is 32.2. The van der Waals surface area contributed by atoms with Gasteiger partial charge < -0.3 is 17.7 Å². The van der Waals surface area contributed by atoms with E-state index in [2.05, 4.69) is 0 Å². The van der Waals surface area contributed by atoms with Crippen molar-refractivity contribution < 1.29 is 26.1 Å². The summed E-state index contributed by atoms with van der Waals surface area (Å²) in [4.78, 5) is 21.9. The van der Waals surface area contributed by atoms with Crippen molar-refractivity contribution in [3.8, 4) is 0 Å². The molecule has 2 aromatic carbocycles. The van der Waals surface area contributed by atoms with E-state index in [0.29, 0.717) is 0 Å². The van der Waals surface area contributed by atoms with E-state index < -0.39 is 21.5 Å². The summed E-state index contributed by atoms with van der Waals surface area (Å²) in [6.07, 6.45) is 0. The third-order valence-electron chi connectivity index (χ3n) is 3.22. The number of benzene rings is 2. The Bertz CT molecular complexity index is 1170. The van der Waals surface area contributed by atoms with Gasteiger partial charge in [-0.1, -0.05) is 0 Å². The lowest BCUT2D eigenvalue weighted by Crippen LogP contribution is -2.01. The molecule has 0 bridgehead atoms. The minimum absolute atomic E-state index is 0.0204. The molecule has 0 amide bonds. The Morgan fingerprint density at radius 1 is 0.609 bits per heavy atom. The topological polar surface area (TPSA) is 121 Å². The average Bonchev–Trinajstić information content (AvgIpc) is 3.05. The molecule has 0 unspecified atom stereocenters. The Morgan fingerprint density at radius 2 is 1.00 bits per heavy atom. The molecule has 4 rings (SSSR count). The summed E-state index contributed by atoms with van der Waals surface area (Å²) in [5.41, 5.74) is 0.328. The fourth-order valence-corrected chi connectivity index (χ4v) is 3.47. The molecule has 9 heteroatoms. The quantitative estimate of drug-likeness (QED) is 0.545. The number of hydrogen-bond acceptors (Lipinski definition) is 8. The van der Waals surface area contributed by atoms with Crippen LogP contribution in [-0.2, 0) is 9.84 Å². The highest BCUT2D eigenvalue weighted by Crippen LogP contribution is 2.26. The predicted octanol–water partition coefficient (Wildman–Crippen LogP) is 1.92.